The Morgan fingerprint density at radius 1 is 1.58 bits per heavy atom. The van der Waals surface area contributed by atoms with Crippen LogP contribution in [-0.4, -0.2) is 17.5 Å². The fraction of sp³-hybridized carbons (Fsp3) is 0.900. The third kappa shape index (κ3) is 2.07. The Hall–Kier alpha value is -0.370. The summed E-state index contributed by atoms with van der Waals surface area (Å²) in [5.41, 5.74) is 0. The first-order valence-electron chi connectivity index (χ1n) is 4.78. The molecule has 1 fully saturated rings. The molecule has 1 N–H and O–H groups in total. The number of hydrogen-bond donors (Lipinski definition) is 1. The minimum Gasteiger partial charge on any atom is -0.396 e. The summed E-state index contributed by atoms with van der Waals surface area (Å²) >= 11 is 0. The van der Waals surface area contributed by atoms with E-state index in [1.54, 1.807) is 0 Å². The highest BCUT2D eigenvalue weighted by Crippen LogP contribution is 2.30. The van der Waals surface area contributed by atoms with E-state index in [1.807, 2.05) is 13.8 Å². The van der Waals surface area contributed by atoms with E-state index in [4.69, 9.17) is 5.11 Å². The molecule has 0 aromatic heterocycles. The van der Waals surface area contributed by atoms with Crippen molar-refractivity contribution in [2.24, 2.45) is 17.8 Å². The van der Waals surface area contributed by atoms with Gasteiger partial charge in [-0.25, -0.2) is 0 Å². The fourth-order valence-corrected chi connectivity index (χ4v) is 1.82. The summed E-state index contributed by atoms with van der Waals surface area (Å²) in [7, 11) is 0. The standard InChI is InChI=1S/C10H18O2/c1-7-3-4-9(5-10(7)12)8(2)6-11/h7-9,11H,3-6H2,1-2H3/t7-,8-,9-/m0/s1. The maximum atomic E-state index is 11.3. The van der Waals surface area contributed by atoms with Crippen molar-refractivity contribution in [2.75, 3.05) is 6.61 Å². The molecule has 0 unspecified atom stereocenters. The van der Waals surface area contributed by atoms with Gasteiger partial charge >= 0.3 is 0 Å². The van der Waals surface area contributed by atoms with Crippen molar-refractivity contribution in [3.63, 3.8) is 0 Å². The predicted octanol–water partition coefficient (Wildman–Crippen LogP) is 1.62. The highest BCUT2D eigenvalue weighted by atomic mass is 16.3. The third-order valence-electron chi connectivity index (χ3n) is 3.08. The number of aliphatic hydroxyl groups is 1. The summed E-state index contributed by atoms with van der Waals surface area (Å²) in [6, 6.07) is 0. The van der Waals surface area contributed by atoms with E-state index in [0.717, 1.165) is 12.8 Å². The van der Waals surface area contributed by atoms with E-state index in [0.29, 0.717) is 24.0 Å². The van der Waals surface area contributed by atoms with Crippen LogP contribution in [0.3, 0.4) is 0 Å². The van der Waals surface area contributed by atoms with Gasteiger partial charge in [-0.05, 0) is 24.7 Å². The van der Waals surface area contributed by atoms with Crippen molar-refractivity contribution in [1.29, 1.82) is 0 Å². The van der Waals surface area contributed by atoms with E-state index >= 15 is 0 Å². The van der Waals surface area contributed by atoms with E-state index in [1.165, 1.54) is 0 Å². The Morgan fingerprint density at radius 3 is 2.75 bits per heavy atom. The van der Waals surface area contributed by atoms with Crippen molar-refractivity contribution in [3.8, 4) is 0 Å². The highest BCUT2D eigenvalue weighted by Gasteiger charge is 2.28. The van der Waals surface area contributed by atoms with Gasteiger partial charge in [-0.1, -0.05) is 13.8 Å². The summed E-state index contributed by atoms with van der Waals surface area (Å²) in [5, 5.41) is 8.93. The molecule has 0 bridgehead atoms. The van der Waals surface area contributed by atoms with Crippen LogP contribution in [0.2, 0.25) is 0 Å². The van der Waals surface area contributed by atoms with Gasteiger partial charge < -0.3 is 5.11 Å². The quantitative estimate of drug-likeness (QED) is 0.683. The Morgan fingerprint density at radius 2 is 2.25 bits per heavy atom. The second-order valence-corrected chi connectivity index (χ2v) is 4.07. The number of aliphatic hydroxyl groups excluding tert-OH is 1. The molecule has 1 aliphatic carbocycles. The molecule has 70 valence electrons. The number of rotatable bonds is 2. The van der Waals surface area contributed by atoms with Crippen molar-refractivity contribution in [3.05, 3.63) is 0 Å². The number of ketones is 1. The Kier molecular flexibility index (Phi) is 3.27. The third-order valence-corrected chi connectivity index (χ3v) is 3.08. The smallest absolute Gasteiger partial charge is 0.135 e. The first kappa shape index (κ1) is 9.72. The molecule has 0 radical (unpaired) electrons. The average molecular weight is 170 g/mol. The lowest BCUT2D eigenvalue weighted by atomic mass is 9.76. The summed E-state index contributed by atoms with van der Waals surface area (Å²) in [6.07, 6.45) is 2.80. The van der Waals surface area contributed by atoms with Crippen LogP contribution in [-0.2, 0) is 4.79 Å². The summed E-state index contributed by atoms with van der Waals surface area (Å²) in [6.45, 7) is 4.24. The van der Waals surface area contributed by atoms with Crippen LogP contribution >= 0.6 is 0 Å². The Balaban J connectivity index is 2.45. The van der Waals surface area contributed by atoms with Gasteiger partial charge in [0, 0.05) is 18.9 Å². The maximum Gasteiger partial charge on any atom is 0.135 e. The van der Waals surface area contributed by atoms with Gasteiger partial charge in [0.1, 0.15) is 5.78 Å². The average Bonchev–Trinajstić information content (AvgIpc) is 2.08. The van der Waals surface area contributed by atoms with Crippen LogP contribution in [0.4, 0.5) is 0 Å². The van der Waals surface area contributed by atoms with Gasteiger partial charge in [-0.2, -0.15) is 0 Å². The second kappa shape index (κ2) is 4.04. The van der Waals surface area contributed by atoms with Crippen LogP contribution in [0.25, 0.3) is 0 Å². The highest BCUT2D eigenvalue weighted by molar-refractivity contribution is 5.81. The topological polar surface area (TPSA) is 37.3 Å². The minimum atomic E-state index is 0.215. The van der Waals surface area contributed by atoms with Gasteiger partial charge in [0.05, 0.1) is 0 Å². The molecule has 1 rings (SSSR count). The molecule has 0 amide bonds. The first-order valence-corrected chi connectivity index (χ1v) is 4.78. The summed E-state index contributed by atoms with van der Waals surface area (Å²) in [4.78, 5) is 11.3. The van der Waals surface area contributed by atoms with Crippen LogP contribution < -0.4 is 0 Å². The van der Waals surface area contributed by atoms with Crippen LogP contribution in [0.5, 0.6) is 0 Å². The summed E-state index contributed by atoms with van der Waals surface area (Å²) in [5.74, 6) is 1.36. The number of hydrogen-bond acceptors (Lipinski definition) is 2. The number of carbonyl (C=O) groups is 1. The molecule has 3 atom stereocenters. The molecule has 2 heteroatoms. The predicted molar refractivity (Wildman–Crippen MR) is 47.8 cm³/mol. The molecule has 0 saturated heterocycles. The normalized spacial score (nSPS) is 33.4. The van der Waals surface area contributed by atoms with E-state index in [-0.39, 0.29) is 12.5 Å². The molecular weight excluding hydrogens is 152 g/mol. The van der Waals surface area contributed by atoms with E-state index in [2.05, 4.69) is 0 Å². The number of carbonyl (C=O) groups excluding carboxylic acids is 1. The molecule has 0 spiro atoms. The summed E-state index contributed by atoms with van der Waals surface area (Å²) < 4.78 is 0. The number of Topliss-reactive ketones (excluding diaryl/α,β-unsaturated/α-hetero) is 1. The first-order chi connectivity index (χ1) is 5.65. The van der Waals surface area contributed by atoms with Crippen LogP contribution in [0.1, 0.15) is 33.1 Å². The fourth-order valence-electron chi connectivity index (χ4n) is 1.82. The van der Waals surface area contributed by atoms with Gasteiger partial charge in [-0.15, -0.1) is 0 Å². The molecule has 2 nitrogen and oxygen atoms in total. The lowest BCUT2D eigenvalue weighted by Gasteiger charge is -2.28. The zero-order valence-electron chi connectivity index (χ0n) is 7.92. The molecule has 0 aromatic rings. The molecule has 0 aliphatic heterocycles. The van der Waals surface area contributed by atoms with Gasteiger partial charge in [0.25, 0.3) is 0 Å². The molecule has 0 heterocycles. The SMILES string of the molecule is C[C@H]1CC[C@H]([C@@H](C)CO)CC1=O. The van der Waals surface area contributed by atoms with Crippen molar-refractivity contribution < 1.29 is 9.90 Å². The zero-order valence-corrected chi connectivity index (χ0v) is 7.92. The molecule has 12 heavy (non-hydrogen) atoms. The van der Waals surface area contributed by atoms with Crippen molar-refractivity contribution >= 4 is 5.78 Å². The van der Waals surface area contributed by atoms with E-state index in [9.17, 15) is 4.79 Å². The van der Waals surface area contributed by atoms with Crippen LogP contribution in [0.15, 0.2) is 0 Å². The molecular formula is C10H18O2. The Bertz CT molecular complexity index is 165. The van der Waals surface area contributed by atoms with Crippen LogP contribution in [0, 0.1) is 17.8 Å². The van der Waals surface area contributed by atoms with Gasteiger partial charge in [-0.3, -0.25) is 4.79 Å². The Labute approximate surface area is 74.0 Å². The molecule has 1 saturated carbocycles. The maximum absolute atomic E-state index is 11.3. The van der Waals surface area contributed by atoms with Gasteiger partial charge in [0.15, 0.2) is 0 Å². The van der Waals surface area contributed by atoms with Crippen molar-refractivity contribution in [1.82, 2.24) is 0 Å². The lowest BCUT2D eigenvalue weighted by molar-refractivity contribution is -0.126. The molecule has 0 aromatic carbocycles. The largest absolute Gasteiger partial charge is 0.396 e. The van der Waals surface area contributed by atoms with Crippen molar-refractivity contribution in [2.45, 2.75) is 33.1 Å². The second-order valence-electron chi connectivity index (χ2n) is 4.07. The zero-order chi connectivity index (χ0) is 9.14. The monoisotopic (exact) mass is 170 g/mol. The van der Waals surface area contributed by atoms with Gasteiger partial charge in [0.2, 0.25) is 0 Å². The van der Waals surface area contributed by atoms with E-state index < -0.39 is 0 Å². The minimum absolute atomic E-state index is 0.215. The lowest BCUT2D eigenvalue weighted by Crippen LogP contribution is -2.27. The molecule has 1 aliphatic rings.